The Bertz CT molecular complexity index is 2630. The summed E-state index contributed by atoms with van der Waals surface area (Å²) in [7, 11) is 0. The molecule has 15 N–H and O–H groups in total. The molecular weight excluding hydrogens is 857 g/mol. The summed E-state index contributed by atoms with van der Waals surface area (Å²) in [5.41, 5.74) is 13.0. The second-order valence-corrected chi connectivity index (χ2v) is 14.7. The number of aromatic amines is 2. The minimum atomic E-state index is -1.43. The van der Waals surface area contributed by atoms with Gasteiger partial charge in [-0.1, -0.05) is 0 Å². The lowest BCUT2D eigenvalue weighted by atomic mass is 10.1. The van der Waals surface area contributed by atoms with Crippen LogP contribution in [0.3, 0.4) is 0 Å². The topological polar surface area (TPSA) is 406 Å². The van der Waals surface area contributed by atoms with Gasteiger partial charge in [-0.15, -0.1) is 0 Å². The van der Waals surface area contributed by atoms with E-state index in [2.05, 4.69) is 51.5 Å². The fourth-order valence-corrected chi connectivity index (χ4v) is 6.93. The molecule has 3 atom stereocenters. The van der Waals surface area contributed by atoms with Crippen LogP contribution < -0.4 is 54.1 Å². The SMILES string of the molecule is Nc1nc2c(c(=O)[nH]1)N1CN([C@@H](CCC(=O)O)C(=O)O)C(=O)c3ccc(cc3)NCC1CN2.Nc1nc2c(c(=O)[nH]1)N=C(CNc1ccc(C(=O)N[C@@H](CCC(=O)O)C(=O)O)cc1)CN2. The monoisotopic (exact) mass is 900 g/mol. The van der Waals surface area contributed by atoms with Crippen LogP contribution in [0.25, 0.3) is 0 Å². The Morgan fingerprint density at radius 1 is 0.769 bits per heavy atom. The normalized spacial score (nSPS) is 15.8. The standard InChI is InChI=1S/C20H23N7O6.C19H21N7O6/c21-20-24-16-15(17(30)25-20)26-9-27(13(19(32)33)5-6-14(28)29)18(31)10-1-3-11(4-2-10)22-7-12(26)8-23-16;20-19-25-15-14(17(30)26-19)23-11(8-22-15)7-21-10-3-1-9(2-4-10)16(29)24-12(18(31)32)5-6-13(27)28/h1-4,12-13,22H,5-9H2,(H,28,29)(H,32,33)(H4,21,23,24,25,30);1-4,12,21H,5-8H2,(H,24,29)(H,27,28)(H,31,32)(H4,20,22,25,26,30)/t12?,13-;12-/m00/s1. The Kier molecular flexibility index (Phi) is 14.1. The van der Waals surface area contributed by atoms with Crippen LogP contribution in [0.1, 0.15) is 46.4 Å². The van der Waals surface area contributed by atoms with Crippen molar-refractivity contribution in [3.8, 4) is 0 Å². The van der Waals surface area contributed by atoms with Crippen molar-refractivity contribution < 1.29 is 49.2 Å². The second-order valence-electron chi connectivity index (χ2n) is 14.7. The molecule has 2 aromatic heterocycles. The van der Waals surface area contributed by atoms with Crippen LogP contribution in [-0.4, -0.2) is 138 Å². The van der Waals surface area contributed by atoms with E-state index >= 15 is 0 Å². The molecule has 4 aliphatic heterocycles. The van der Waals surface area contributed by atoms with Crippen molar-refractivity contribution in [3.05, 3.63) is 80.4 Å². The van der Waals surface area contributed by atoms with Gasteiger partial charge in [-0.3, -0.25) is 38.7 Å². The quantitative estimate of drug-likeness (QED) is 0.0779. The van der Waals surface area contributed by atoms with Gasteiger partial charge in [-0.25, -0.2) is 14.6 Å². The molecule has 0 saturated heterocycles. The van der Waals surface area contributed by atoms with Crippen LogP contribution in [0.2, 0.25) is 0 Å². The highest BCUT2D eigenvalue weighted by Gasteiger charge is 2.38. The Balaban J connectivity index is 0.000000216. The molecule has 26 nitrogen and oxygen atoms in total. The van der Waals surface area contributed by atoms with E-state index in [0.29, 0.717) is 43.4 Å². The predicted octanol–water partition coefficient (Wildman–Crippen LogP) is -0.194. The Hall–Kier alpha value is -8.71. The first-order chi connectivity index (χ1) is 31.0. The van der Waals surface area contributed by atoms with Crippen LogP contribution in [0.5, 0.6) is 0 Å². The summed E-state index contributed by atoms with van der Waals surface area (Å²) in [6, 6.07) is 9.70. The molecular formula is C39H44N14O12. The summed E-state index contributed by atoms with van der Waals surface area (Å²) in [6.07, 6.45) is -1.34. The molecule has 0 fully saturated rings. The number of fused-ring (bicyclic) bond motifs is 7. The van der Waals surface area contributed by atoms with E-state index in [-0.39, 0.29) is 72.2 Å². The third-order valence-electron chi connectivity index (χ3n) is 10.2. The molecule has 6 heterocycles. The van der Waals surface area contributed by atoms with Gasteiger partial charge in [0.15, 0.2) is 17.3 Å². The van der Waals surface area contributed by atoms with Crippen LogP contribution in [0.15, 0.2) is 63.1 Å². The largest absolute Gasteiger partial charge is 0.481 e. The summed E-state index contributed by atoms with van der Waals surface area (Å²) in [4.78, 5) is 115. The van der Waals surface area contributed by atoms with Crippen molar-refractivity contribution in [2.24, 2.45) is 4.99 Å². The third-order valence-corrected chi connectivity index (χ3v) is 10.2. The molecule has 26 heteroatoms. The van der Waals surface area contributed by atoms with E-state index < -0.39 is 65.3 Å². The van der Waals surface area contributed by atoms with Crippen molar-refractivity contribution in [1.82, 2.24) is 30.2 Å². The fraction of sp³-hybridized carbons (Fsp3) is 0.308. The van der Waals surface area contributed by atoms with Gasteiger partial charge < -0.3 is 68.3 Å². The minimum absolute atomic E-state index is 0.00119. The zero-order valence-corrected chi connectivity index (χ0v) is 34.2. The number of hydrogen-bond donors (Lipinski definition) is 13. The molecule has 65 heavy (non-hydrogen) atoms. The number of H-pyrrole nitrogens is 2. The third kappa shape index (κ3) is 11.4. The highest BCUT2D eigenvalue weighted by Crippen LogP contribution is 2.29. The maximum atomic E-state index is 13.4. The van der Waals surface area contributed by atoms with E-state index in [1.807, 2.05) is 0 Å². The van der Waals surface area contributed by atoms with Gasteiger partial charge in [0.1, 0.15) is 17.8 Å². The number of nitrogen functional groups attached to an aromatic ring is 2. The number of amides is 2. The number of carboxylic acid groups (broad SMARTS) is 4. The van der Waals surface area contributed by atoms with Gasteiger partial charge >= 0.3 is 23.9 Å². The number of carbonyl (C=O) groups excluding carboxylic acids is 2. The average molecular weight is 901 g/mol. The molecule has 4 aromatic rings. The van der Waals surface area contributed by atoms with Gasteiger partial charge in [-0.2, -0.15) is 9.97 Å². The number of hydrogen-bond acceptors (Lipinski definition) is 18. The van der Waals surface area contributed by atoms with E-state index in [1.54, 1.807) is 41.3 Å². The van der Waals surface area contributed by atoms with Crippen molar-refractivity contribution in [2.75, 3.05) is 70.5 Å². The highest BCUT2D eigenvalue weighted by atomic mass is 16.4. The minimum Gasteiger partial charge on any atom is -0.481 e. The van der Waals surface area contributed by atoms with E-state index in [1.165, 1.54) is 12.1 Å². The van der Waals surface area contributed by atoms with Crippen molar-refractivity contribution >= 4 is 87.7 Å². The number of nitrogens with two attached hydrogens (primary N) is 2. The maximum Gasteiger partial charge on any atom is 0.326 e. The molecule has 342 valence electrons. The van der Waals surface area contributed by atoms with Crippen LogP contribution in [0.4, 0.5) is 46.3 Å². The van der Waals surface area contributed by atoms with Gasteiger partial charge in [0.25, 0.3) is 22.9 Å². The number of nitrogens with one attached hydrogen (secondary N) is 7. The molecule has 4 aliphatic rings. The lowest BCUT2D eigenvalue weighted by Crippen LogP contribution is -2.58. The predicted molar refractivity (Wildman–Crippen MR) is 234 cm³/mol. The fourth-order valence-electron chi connectivity index (χ4n) is 6.93. The lowest BCUT2D eigenvalue weighted by molar-refractivity contribution is -0.144. The zero-order chi connectivity index (χ0) is 46.9. The lowest BCUT2D eigenvalue weighted by Gasteiger charge is -2.42. The van der Waals surface area contributed by atoms with Crippen molar-refractivity contribution in [1.29, 1.82) is 0 Å². The molecule has 2 amide bonds. The van der Waals surface area contributed by atoms with Crippen molar-refractivity contribution in [2.45, 2.75) is 43.8 Å². The summed E-state index contributed by atoms with van der Waals surface area (Å²) < 4.78 is 0. The number of carboxylic acids is 4. The summed E-state index contributed by atoms with van der Waals surface area (Å²) >= 11 is 0. The second kappa shape index (κ2) is 20.0. The molecule has 2 bridgehead atoms. The molecule has 0 radical (unpaired) electrons. The number of carbonyl (C=O) groups is 6. The van der Waals surface area contributed by atoms with Crippen LogP contribution in [-0.2, 0) is 19.2 Å². The van der Waals surface area contributed by atoms with Gasteiger partial charge in [-0.05, 0) is 61.4 Å². The van der Waals surface area contributed by atoms with E-state index in [0.717, 1.165) is 10.6 Å². The van der Waals surface area contributed by atoms with Gasteiger partial charge in [0.2, 0.25) is 11.9 Å². The number of aliphatic carboxylic acids is 4. The summed E-state index contributed by atoms with van der Waals surface area (Å²) in [6.45, 7) is 1.11. The first-order valence-electron chi connectivity index (χ1n) is 19.8. The number of benzene rings is 2. The highest BCUT2D eigenvalue weighted by molar-refractivity contribution is 5.99. The summed E-state index contributed by atoms with van der Waals surface area (Å²) in [5, 5.41) is 51.5. The molecule has 8 rings (SSSR count). The number of aromatic nitrogens is 4. The van der Waals surface area contributed by atoms with Gasteiger partial charge in [0, 0.05) is 48.4 Å². The molecule has 2 aromatic carbocycles. The Morgan fingerprint density at radius 2 is 1.40 bits per heavy atom. The molecule has 1 unspecified atom stereocenters. The van der Waals surface area contributed by atoms with E-state index in [4.69, 9.17) is 26.8 Å². The molecule has 0 aliphatic carbocycles. The smallest absolute Gasteiger partial charge is 0.326 e. The number of aliphatic imine (C=N–C) groups is 1. The average Bonchev–Trinajstić information content (AvgIpc) is 3.29. The van der Waals surface area contributed by atoms with E-state index in [9.17, 15) is 43.5 Å². The van der Waals surface area contributed by atoms with Crippen molar-refractivity contribution in [3.63, 3.8) is 0 Å². The zero-order valence-electron chi connectivity index (χ0n) is 34.2. The maximum absolute atomic E-state index is 13.4. The Morgan fingerprint density at radius 3 is 2.05 bits per heavy atom. The first kappa shape index (κ1) is 45.8. The number of nitrogens with zero attached hydrogens (tertiary/aromatic N) is 5. The number of anilines is 7. The van der Waals surface area contributed by atoms with Gasteiger partial charge in [0.05, 0.1) is 31.5 Å². The molecule has 0 spiro atoms. The number of rotatable bonds is 14. The Labute approximate surface area is 366 Å². The summed E-state index contributed by atoms with van der Waals surface area (Å²) in [5.74, 6) is -5.76. The van der Waals surface area contributed by atoms with Crippen LogP contribution >= 0.6 is 0 Å². The molecule has 0 saturated carbocycles. The first-order valence-corrected chi connectivity index (χ1v) is 19.8. The van der Waals surface area contributed by atoms with Crippen LogP contribution in [0, 0.1) is 0 Å².